The van der Waals surface area contributed by atoms with E-state index < -0.39 is 12.8 Å². The maximum absolute atomic E-state index is 11.8. The molecule has 0 saturated heterocycles. The van der Waals surface area contributed by atoms with E-state index in [1.807, 2.05) is 19.1 Å². The molecule has 0 aromatic heterocycles. The Kier molecular flexibility index (Phi) is 4.62. The number of alkyl halides is 3. The van der Waals surface area contributed by atoms with Crippen molar-refractivity contribution in [3.63, 3.8) is 0 Å². The highest BCUT2D eigenvalue weighted by Crippen LogP contribution is 2.19. The first-order chi connectivity index (χ1) is 7.88. The zero-order valence-electron chi connectivity index (χ0n) is 9.47. The van der Waals surface area contributed by atoms with Gasteiger partial charge in [0.2, 0.25) is 0 Å². The fourth-order valence-corrected chi connectivity index (χ4v) is 1.27. The quantitative estimate of drug-likeness (QED) is 0.622. The van der Waals surface area contributed by atoms with Crippen molar-refractivity contribution in [3.8, 4) is 0 Å². The van der Waals surface area contributed by atoms with E-state index >= 15 is 0 Å². The van der Waals surface area contributed by atoms with Crippen molar-refractivity contribution < 1.29 is 17.9 Å². The number of aryl methyl sites for hydroxylation is 1. The van der Waals surface area contributed by atoms with Crippen LogP contribution in [0.15, 0.2) is 18.2 Å². The van der Waals surface area contributed by atoms with Gasteiger partial charge in [-0.05, 0) is 24.6 Å². The Hall–Kier alpha value is -1.43. The summed E-state index contributed by atoms with van der Waals surface area (Å²) in [6, 6.07) is 5.44. The predicted octanol–water partition coefficient (Wildman–Crippen LogP) is 2.57. The van der Waals surface area contributed by atoms with Crippen molar-refractivity contribution in [2.45, 2.75) is 13.1 Å². The van der Waals surface area contributed by atoms with Gasteiger partial charge in [0.1, 0.15) is 6.61 Å². The normalized spacial score (nSPS) is 11.5. The van der Waals surface area contributed by atoms with Gasteiger partial charge in [-0.2, -0.15) is 13.2 Å². The van der Waals surface area contributed by atoms with Crippen molar-refractivity contribution in [2.24, 2.45) is 0 Å². The molecule has 0 spiro atoms. The van der Waals surface area contributed by atoms with Crippen LogP contribution in [0.4, 0.5) is 24.5 Å². The number of nitrogens with one attached hydrogen (secondary N) is 1. The molecule has 1 aromatic rings. The molecule has 0 bridgehead atoms. The summed E-state index contributed by atoms with van der Waals surface area (Å²) in [5.41, 5.74) is 7.99. The van der Waals surface area contributed by atoms with E-state index in [0.717, 1.165) is 5.56 Å². The van der Waals surface area contributed by atoms with Gasteiger partial charge in [0.15, 0.2) is 0 Å². The topological polar surface area (TPSA) is 47.3 Å². The molecule has 1 aromatic carbocycles. The van der Waals surface area contributed by atoms with Gasteiger partial charge in [0, 0.05) is 6.54 Å². The van der Waals surface area contributed by atoms with Gasteiger partial charge in [-0.3, -0.25) is 0 Å². The van der Waals surface area contributed by atoms with Gasteiger partial charge in [-0.1, -0.05) is 6.07 Å². The smallest absolute Gasteiger partial charge is 0.397 e. The van der Waals surface area contributed by atoms with Crippen molar-refractivity contribution in [2.75, 3.05) is 30.8 Å². The maximum atomic E-state index is 11.8. The van der Waals surface area contributed by atoms with Crippen LogP contribution in [0.5, 0.6) is 0 Å². The van der Waals surface area contributed by atoms with Gasteiger partial charge in [0.25, 0.3) is 0 Å². The summed E-state index contributed by atoms with van der Waals surface area (Å²) in [6.45, 7) is 0.944. The van der Waals surface area contributed by atoms with Crippen LogP contribution >= 0.6 is 0 Å². The van der Waals surface area contributed by atoms with Crippen LogP contribution in [0.2, 0.25) is 0 Å². The Morgan fingerprint density at radius 2 is 2.06 bits per heavy atom. The third kappa shape index (κ3) is 5.44. The van der Waals surface area contributed by atoms with E-state index in [1.165, 1.54) is 0 Å². The zero-order valence-corrected chi connectivity index (χ0v) is 9.47. The van der Waals surface area contributed by atoms with Crippen molar-refractivity contribution >= 4 is 11.4 Å². The number of ether oxygens (including phenoxy) is 1. The Morgan fingerprint density at radius 1 is 1.35 bits per heavy atom. The van der Waals surface area contributed by atoms with Crippen molar-refractivity contribution in [1.82, 2.24) is 0 Å². The summed E-state index contributed by atoms with van der Waals surface area (Å²) >= 11 is 0. The van der Waals surface area contributed by atoms with Gasteiger partial charge >= 0.3 is 6.18 Å². The van der Waals surface area contributed by atoms with Crippen LogP contribution in [-0.2, 0) is 4.74 Å². The third-order valence-electron chi connectivity index (χ3n) is 2.04. The molecule has 0 heterocycles. The van der Waals surface area contributed by atoms with Gasteiger partial charge in [0.05, 0.1) is 18.0 Å². The fraction of sp³-hybridized carbons (Fsp3) is 0.455. The Labute approximate surface area is 97.8 Å². The minimum absolute atomic E-state index is 0.0209. The molecule has 0 saturated carbocycles. The number of halogens is 3. The molecule has 6 heteroatoms. The minimum Gasteiger partial charge on any atom is -0.397 e. The second-order valence-corrected chi connectivity index (χ2v) is 3.69. The number of anilines is 2. The summed E-state index contributed by atoms with van der Waals surface area (Å²) in [5, 5.41) is 2.92. The van der Waals surface area contributed by atoms with Gasteiger partial charge in [-0.25, -0.2) is 0 Å². The fourth-order valence-electron chi connectivity index (χ4n) is 1.27. The van der Waals surface area contributed by atoms with Crippen LogP contribution in [0.3, 0.4) is 0 Å². The molecule has 0 atom stereocenters. The van der Waals surface area contributed by atoms with Gasteiger partial charge in [-0.15, -0.1) is 0 Å². The van der Waals surface area contributed by atoms with Crippen LogP contribution in [0.25, 0.3) is 0 Å². The van der Waals surface area contributed by atoms with E-state index in [1.54, 1.807) is 6.07 Å². The molecule has 17 heavy (non-hydrogen) atoms. The molecule has 0 aliphatic carbocycles. The minimum atomic E-state index is -4.28. The molecule has 0 unspecified atom stereocenters. The highest BCUT2D eigenvalue weighted by molar-refractivity contribution is 5.66. The molecule has 3 nitrogen and oxygen atoms in total. The third-order valence-corrected chi connectivity index (χ3v) is 2.04. The van der Waals surface area contributed by atoms with Crippen LogP contribution < -0.4 is 11.1 Å². The van der Waals surface area contributed by atoms with E-state index in [9.17, 15) is 13.2 Å². The molecule has 3 N–H and O–H groups in total. The second kappa shape index (κ2) is 5.77. The predicted molar refractivity (Wildman–Crippen MR) is 61.0 cm³/mol. The van der Waals surface area contributed by atoms with Crippen LogP contribution in [0.1, 0.15) is 5.56 Å². The number of rotatable bonds is 5. The largest absolute Gasteiger partial charge is 0.411 e. The van der Waals surface area contributed by atoms with E-state index in [-0.39, 0.29) is 13.2 Å². The SMILES string of the molecule is Cc1ccc(N)c(NCCOCC(F)(F)F)c1. The highest BCUT2D eigenvalue weighted by atomic mass is 19.4. The summed E-state index contributed by atoms with van der Waals surface area (Å²) in [5.74, 6) is 0. The zero-order chi connectivity index (χ0) is 12.9. The molecule has 1 rings (SSSR count). The first kappa shape index (κ1) is 13.6. The summed E-state index contributed by atoms with van der Waals surface area (Å²) in [6.07, 6.45) is -4.28. The monoisotopic (exact) mass is 248 g/mol. The molecule has 96 valence electrons. The maximum Gasteiger partial charge on any atom is 0.411 e. The summed E-state index contributed by atoms with van der Waals surface area (Å²) in [4.78, 5) is 0. The Morgan fingerprint density at radius 3 is 2.71 bits per heavy atom. The number of hydrogen-bond donors (Lipinski definition) is 2. The highest BCUT2D eigenvalue weighted by Gasteiger charge is 2.27. The summed E-state index contributed by atoms with van der Waals surface area (Å²) < 4.78 is 39.7. The van der Waals surface area contributed by atoms with Crippen LogP contribution in [0, 0.1) is 6.92 Å². The standard InChI is InChI=1S/C11H15F3N2O/c1-8-2-3-9(15)10(6-8)16-4-5-17-7-11(12,13)14/h2-3,6,16H,4-5,7,15H2,1H3. The molecule has 0 amide bonds. The average molecular weight is 248 g/mol. The molecular formula is C11H15F3N2O. The number of nitrogen functional groups attached to an aromatic ring is 1. The number of benzene rings is 1. The first-order valence-electron chi connectivity index (χ1n) is 5.13. The molecule has 0 fully saturated rings. The van der Waals surface area contributed by atoms with Crippen molar-refractivity contribution in [1.29, 1.82) is 0 Å². The van der Waals surface area contributed by atoms with Crippen LogP contribution in [-0.4, -0.2) is 25.9 Å². The van der Waals surface area contributed by atoms with E-state index in [4.69, 9.17) is 5.73 Å². The average Bonchev–Trinajstić information content (AvgIpc) is 2.21. The van der Waals surface area contributed by atoms with Crippen molar-refractivity contribution in [3.05, 3.63) is 23.8 Å². The first-order valence-corrected chi connectivity index (χ1v) is 5.13. The lowest BCUT2D eigenvalue weighted by Gasteiger charge is -2.11. The number of hydrogen-bond acceptors (Lipinski definition) is 3. The lowest BCUT2D eigenvalue weighted by Crippen LogP contribution is -2.20. The molecular weight excluding hydrogens is 233 g/mol. The van der Waals surface area contributed by atoms with Gasteiger partial charge < -0.3 is 15.8 Å². The number of nitrogens with two attached hydrogens (primary N) is 1. The molecule has 0 radical (unpaired) electrons. The lowest BCUT2D eigenvalue weighted by atomic mass is 10.2. The Bertz CT molecular complexity index is 366. The Balaban J connectivity index is 2.29. The van der Waals surface area contributed by atoms with E-state index in [0.29, 0.717) is 11.4 Å². The second-order valence-electron chi connectivity index (χ2n) is 3.69. The lowest BCUT2D eigenvalue weighted by molar-refractivity contribution is -0.172. The molecule has 0 aliphatic heterocycles. The molecule has 0 aliphatic rings. The van der Waals surface area contributed by atoms with E-state index in [2.05, 4.69) is 10.1 Å². The summed E-state index contributed by atoms with van der Waals surface area (Å²) in [7, 11) is 0.